The van der Waals surface area contributed by atoms with Gasteiger partial charge in [-0.15, -0.1) is 24.0 Å². The smallest absolute Gasteiger partial charge is 0.188 e. The van der Waals surface area contributed by atoms with Gasteiger partial charge in [-0.2, -0.15) is 0 Å². The van der Waals surface area contributed by atoms with Crippen LogP contribution in [0.3, 0.4) is 0 Å². The maximum Gasteiger partial charge on any atom is 0.188 e. The van der Waals surface area contributed by atoms with Crippen LogP contribution in [-0.4, -0.2) is 48.6 Å². The molecule has 6 heteroatoms. The predicted octanol–water partition coefficient (Wildman–Crippen LogP) is 1.88. The Labute approximate surface area is 150 Å². The molecule has 0 radical (unpaired) electrons. The van der Waals surface area contributed by atoms with Crippen molar-refractivity contribution in [1.82, 2.24) is 15.2 Å². The highest BCUT2D eigenvalue weighted by molar-refractivity contribution is 14.0. The van der Waals surface area contributed by atoms with Gasteiger partial charge in [0.1, 0.15) is 0 Å². The van der Waals surface area contributed by atoms with Gasteiger partial charge < -0.3 is 16.0 Å². The Balaban J connectivity index is 0.00000242. The van der Waals surface area contributed by atoms with Gasteiger partial charge in [0.2, 0.25) is 0 Å². The number of guanidine groups is 1. The minimum Gasteiger partial charge on any atom is -0.370 e. The number of hydrogen-bond donors (Lipinski definition) is 2. The Morgan fingerprint density at radius 3 is 2.86 bits per heavy atom. The van der Waals surface area contributed by atoms with Crippen LogP contribution in [0.2, 0.25) is 0 Å². The lowest BCUT2D eigenvalue weighted by molar-refractivity contribution is 0.197. The average molecular weight is 417 g/mol. The van der Waals surface area contributed by atoms with Gasteiger partial charge in [-0.25, -0.2) is 0 Å². The molecule has 5 nitrogen and oxygen atoms in total. The van der Waals surface area contributed by atoms with Crippen molar-refractivity contribution in [3.63, 3.8) is 0 Å². The van der Waals surface area contributed by atoms with Gasteiger partial charge in [0.15, 0.2) is 5.96 Å². The topological polar surface area (TPSA) is 66.5 Å². The normalized spacial score (nSPS) is 17.0. The van der Waals surface area contributed by atoms with Crippen molar-refractivity contribution in [1.29, 1.82) is 0 Å². The summed E-state index contributed by atoms with van der Waals surface area (Å²) in [6.07, 6.45) is 5.29. The Morgan fingerprint density at radius 2 is 2.18 bits per heavy atom. The number of aliphatic imine (C=N–C) groups is 1. The summed E-state index contributed by atoms with van der Waals surface area (Å²) < 4.78 is 0. The van der Waals surface area contributed by atoms with Gasteiger partial charge >= 0.3 is 0 Å². The number of pyridine rings is 1. The minimum atomic E-state index is 0. The number of halogens is 1. The van der Waals surface area contributed by atoms with Crippen molar-refractivity contribution in [2.24, 2.45) is 16.6 Å². The Morgan fingerprint density at radius 1 is 1.41 bits per heavy atom. The highest BCUT2D eigenvalue weighted by Gasteiger charge is 2.14. The molecule has 1 aliphatic heterocycles. The van der Waals surface area contributed by atoms with Crippen LogP contribution in [0.15, 0.2) is 29.4 Å². The van der Waals surface area contributed by atoms with Crippen molar-refractivity contribution in [3.05, 3.63) is 30.1 Å². The molecule has 0 aliphatic carbocycles. The van der Waals surface area contributed by atoms with E-state index < -0.39 is 0 Å². The monoisotopic (exact) mass is 417 g/mol. The molecule has 1 fully saturated rings. The molecule has 0 unspecified atom stereocenters. The zero-order valence-electron chi connectivity index (χ0n) is 13.4. The number of hydrogen-bond acceptors (Lipinski definition) is 3. The fraction of sp³-hybridized carbons (Fsp3) is 0.625. The van der Waals surface area contributed by atoms with Crippen LogP contribution in [0, 0.1) is 5.92 Å². The predicted molar refractivity (Wildman–Crippen MR) is 103 cm³/mol. The summed E-state index contributed by atoms with van der Waals surface area (Å²) in [6.45, 7) is 7.28. The standard InChI is InChI=1S/C16H27N5.HI/c1-14-6-11-21(12-7-14)13-10-20-16(17)19-9-5-15-4-2-3-8-18-15;/h2-4,8,14H,5-7,9-13H2,1H3,(H3,17,19,20);1H. The zero-order valence-corrected chi connectivity index (χ0v) is 15.7. The molecule has 1 aromatic rings. The number of nitrogens with zero attached hydrogens (tertiary/aromatic N) is 3. The van der Waals surface area contributed by atoms with E-state index in [2.05, 4.69) is 27.1 Å². The first-order valence-electron chi connectivity index (χ1n) is 7.90. The maximum absolute atomic E-state index is 5.88. The number of nitrogens with two attached hydrogens (primary N) is 1. The van der Waals surface area contributed by atoms with Crippen LogP contribution < -0.4 is 11.1 Å². The molecule has 1 aromatic heterocycles. The van der Waals surface area contributed by atoms with E-state index in [0.717, 1.165) is 37.7 Å². The summed E-state index contributed by atoms with van der Waals surface area (Å²) in [5.41, 5.74) is 6.95. The van der Waals surface area contributed by atoms with Gasteiger partial charge in [0, 0.05) is 31.4 Å². The third-order valence-corrected chi connectivity index (χ3v) is 3.99. The molecule has 0 spiro atoms. The van der Waals surface area contributed by atoms with E-state index in [1.807, 2.05) is 24.4 Å². The Kier molecular flexibility index (Phi) is 9.38. The molecule has 2 heterocycles. The summed E-state index contributed by atoms with van der Waals surface area (Å²) in [7, 11) is 0. The average Bonchev–Trinajstić information content (AvgIpc) is 2.50. The molecular weight excluding hydrogens is 389 g/mol. The minimum absolute atomic E-state index is 0. The molecule has 1 aliphatic rings. The summed E-state index contributed by atoms with van der Waals surface area (Å²) in [5.74, 6) is 1.42. The van der Waals surface area contributed by atoms with Gasteiger partial charge in [-0.1, -0.05) is 13.0 Å². The third-order valence-electron chi connectivity index (χ3n) is 3.99. The first-order valence-corrected chi connectivity index (χ1v) is 7.90. The van der Waals surface area contributed by atoms with Gasteiger partial charge in [0.25, 0.3) is 0 Å². The molecule has 2 rings (SSSR count). The van der Waals surface area contributed by atoms with Crippen LogP contribution in [0.4, 0.5) is 0 Å². The maximum atomic E-state index is 5.88. The molecule has 1 saturated heterocycles. The van der Waals surface area contributed by atoms with E-state index in [9.17, 15) is 0 Å². The molecule has 0 saturated carbocycles. The van der Waals surface area contributed by atoms with E-state index in [1.165, 1.54) is 25.9 Å². The lowest BCUT2D eigenvalue weighted by atomic mass is 9.99. The number of rotatable bonds is 6. The lowest BCUT2D eigenvalue weighted by Gasteiger charge is -2.29. The third kappa shape index (κ3) is 7.40. The molecule has 0 atom stereocenters. The number of aromatic nitrogens is 1. The fourth-order valence-corrected chi connectivity index (χ4v) is 2.52. The van der Waals surface area contributed by atoms with E-state index in [1.54, 1.807) is 0 Å². The van der Waals surface area contributed by atoms with Crippen LogP contribution in [0.1, 0.15) is 25.5 Å². The second-order valence-electron chi connectivity index (χ2n) is 5.79. The molecule has 3 N–H and O–H groups in total. The molecular formula is C16H28IN5. The van der Waals surface area contributed by atoms with E-state index in [4.69, 9.17) is 5.73 Å². The summed E-state index contributed by atoms with van der Waals surface area (Å²) in [6, 6.07) is 5.94. The van der Waals surface area contributed by atoms with Gasteiger partial charge in [0.05, 0.1) is 6.54 Å². The second-order valence-corrected chi connectivity index (χ2v) is 5.79. The first-order chi connectivity index (χ1) is 10.2. The SMILES string of the molecule is CC1CCN(CCN=C(N)NCCc2ccccn2)CC1.I. The number of nitrogens with one attached hydrogen (secondary N) is 1. The van der Waals surface area contributed by atoms with Crippen molar-refractivity contribution in [2.45, 2.75) is 26.2 Å². The van der Waals surface area contributed by atoms with Gasteiger partial charge in [-0.05, 0) is 44.0 Å². The summed E-state index contributed by atoms with van der Waals surface area (Å²) in [4.78, 5) is 11.1. The second kappa shape index (κ2) is 10.8. The van der Waals surface area contributed by atoms with Crippen molar-refractivity contribution in [3.8, 4) is 0 Å². The largest absolute Gasteiger partial charge is 0.370 e. The molecule has 22 heavy (non-hydrogen) atoms. The highest BCUT2D eigenvalue weighted by atomic mass is 127. The van der Waals surface area contributed by atoms with Crippen LogP contribution in [0.25, 0.3) is 0 Å². The fourth-order valence-electron chi connectivity index (χ4n) is 2.52. The lowest BCUT2D eigenvalue weighted by Crippen LogP contribution is -2.36. The first kappa shape index (κ1) is 19.2. The van der Waals surface area contributed by atoms with Crippen molar-refractivity contribution >= 4 is 29.9 Å². The van der Waals surface area contributed by atoms with E-state index in [-0.39, 0.29) is 24.0 Å². The Hall–Kier alpha value is -0.890. The number of likely N-dealkylation sites (tertiary alicyclic amines) is 1. The molecule has 0 amide bonds. The zero-order chi connectivity index (χ0) is 14.9. The van der Waals surface area contributed by atoms with Crippen molar-refractivity contribution in [2.75, 3.05) is 32.7 Å². The summed E-state index contributed by atoms with van der Waals surface area (Å²) >= 11 is 0. The molecule has 0 aromatic carbocycles. The molecule has 0 bridgehead atoms. The highest BCUT2D eigenvalue weighted by Crippen LogP contribution is 2.15. The summed E-state index contributed by atoms with van der Waals surface area (Å²) in [5, 5.41) is 3.15. The number of piperidine rings is 1. The van der Waals surface area contributed by atoms with Crippen LogP contribution in [-0.2, 0) is 6.42 Å². The molecule has 124 valence electrons. The van der Waals surface area contributed by atoms with Crippen molar-refractivity contribution < 1.29 is 0 Å². The van der Waals surface area contributed by atoms with E-state index in [0.29, 0.717) is 5.96 Å². The Bertz CT molecular complexity index is 429. The van der Waals surface area contributed by atoms with Gasteiger partial charge in [-0.3, -0.25) is 9.98 Å². The van der Waals surface area contributed by atoms with Crippen LogP contribution in [0.5, 0.6) is 0 Å². The quantitative estimate of drug-likeness (QED) is 0.422. The van der Waals surface area contributed by atoms with E-state index >= 15 is 0 Å². The van der Waals surface area contributed by atoms with Crippen LogP contribution >= 0.6 is 24.0 Å².